The third-order valence-electron chi connectivity index (χ3n) is 5.22. The number of benzene rings is 2. The van der Waals surface area contributed by atoms with E-state index in [-0.39, 0.29) is 12.5 Å². The lowest BCUT2D eigenvalue weighted by Gasteiger charge is -2.18. The van der Waals surface area contributed by atoms with Crippen LogP contribution in [0.25, 0.3) is 11.3 Å². The van der Waals surface area contributed by atoms with Gasteiger partial charge in [0, 0.05) is 10.9 Å². The van der Waals surface area contributed by atoms with E-state index in [1.165, 1.54) is 16.9 Å². The lowest BCUT2D eigenvalue weighted by atomic mass is 10.1. The number of ether oxygens (including phenoxy) is 1. The maximum Gasteiger partial charge on any atom is 0.262 e. The van der Waals surface area contributed by atoms with Crippen LogP contribution in [-0.2, 0) is 4.79 Å². The molecule has 0 radical (unpaired) electrons. The normalized spacial score (nSPS) is 13.8. The third-order valence-corrected chi connectivity index (χ3v) is 6.04. The predicted molar refractivity (Wildman–Crippen MR) is 129 cm³/mol. The lowest BCUT2D eigenvalue weighted by molar-refractivity contribution is -0.118. The minimum Gasteiger partial charge on any atom is -0.482 e. The molecule has 2 aromatic carbocycles. The van der Waals surface area contributed by atoms with Crippen LogP contribution < -0.4 is 14.9 Å². The van der Waals surface area contributed by atoms with Gasteiger partial charge >= 0.3 is 0 Å². The number of anilines is 1. The summed E-state index contributed by atoms with van der Waals surface area (Å²) in [7, 11) is 0. The largest absolute Gasteiger partial charge is 0.482 e. The Morgan fingerprint density at radius 2 is 1.97 bits per heavy atom. The molecule has 8 heteroatoms. The first-order valence-electron chi connectivity index (χ1n) is 10.5. The molecule has 3 heterocycles. The van der Waals surface area contributed by atoms with Crippen molar-refractivity contribution >= 4 is 34.8 Å². The SMILES string of the molecule is Cc1ccc(N=c2scc(-c3ccc4c(c3)NC(=O)CO4)n2N=Cc2ccc(C)o2)c(C)c1. The molecule has 0 atom stereocenters. The molecule has 0 saturated carbocycles. The van der Waals surface area contributed by atoms with Crippen LogP contribution in [0.15, 0.2) is 68.4 Å². The van der Waals surface area contributed by atoms with Gasteiger partial charge in [-0.15, -0.1) is 11.3 Å². The van der Waals surface area contributed by atoms with E-state index in [1.54, 1.807) is 10.9 Å². The quantitative estimate of drug-likeness (QED) is 0.428. The number of hydrogen-bond acceptors (Lipinski definition) is 6. The molecule has 1 aliphatic rings. The Morgan fingerprint density at radius 3 is 2.76 bits per heavy atom. The van der Waals surface area contributed by atoms with Gasteiger partial charge in [-0.3, -0.25) is 4.79 Å². The molecule has 166 valence electrons. The number of carbonyl (C=O) groups is 1. The predicted octanol–water partition coefficient (Wildman–Crippen LogP) is 5.18. The van der Waals surface area contributed by atoms with Gasteiger partial charge in [0.1, 0.15) is 17.3 Å². The zero-order valence-electron chi connectivity index (χ0n) is 18.5. The van der Waals surface area contributed by atoms with Crippen molar-refractivity contribution in [1.82, 2.24) is 4.68 Å². The highest BCUT2D eigenvalue weighted by atomic mass is 32.1. The van der Waals surface area contributed by atoms with Crippen LogP contribution in [0.1, 0.15) is 22.6 Å². The Bertz CT molecular complexity index is 1460. The minimum atomic E-state index is -0.172. The number of amides is 1. The highest BCUT2D eigenvalue weighted by Gasteiger charge is 2.18. The van der Waals surface area contributed by atoms with E-state index < -0.39 is 0 Å². The van der Waals surface area contributed by atoms with Crippen LogP contribution >= 0.6 is 11.3 Å². The summed E-state index contributed by atoms with van der Waals surface area (Å²) < 4.78 is 12.9. The summed E-state index contributed by atoms with van der Waals surface area (Å²) in [5.41, 5.74) is 5.53. The van der Waals surface area contributed by atoms with Gasteiger partial charge in [-0.1, -0.05) is 17.7 Å². The average molecular weight is 459 g/mol. The van der Waals surface area contributed by atoms with Gasteiger partial charge in [-0.25, -0.2) is 9.67 Å². The Morgan fingerprint density at radius 1 is 1.09 bits per heavy atom. The zero-order chi connectivity index (χ0) is 22.9. The van der Waals surface area contributed by atoms with Gasteiger partial charge in [-0.2, -0.15) is 5.10 Å². The number of aromatic nitrogens is 1. The van der Waals surface area contributed by atoms with E-state index in [2.05, 4.69) is 18.3 Å². The summed E-state index contributed by atoms with van der Waals surface area (Å²) in [6.45, 7) is 6.03. The standard InChI is InChI=1S/C25H22N4O3S/c1-15-4-8-20(16(2)10-15)28-25-29(26-12-19-7-5-17(3)32-19)22(14-33-25)18-6-9-23-21(11-18)27-24(30)13-31-23/h4-12,14H,13H2,1-3H3,(H,27,30). The Kier molecular flexibility index (Phi) is 5.43. The maximum absolute atomic E-state index is 11.8. The summed E-state index contributed by atoms with van der Waals surface area (Å²) in [5.74, 6) is 1.95. The second-order valence-electron chi connectivity index (χ2n) is 7.86. The minimum absolute atomic E-state index is 0.0244. The molecule has 1 amide bonds. The smallest absolute Gasteiger partial charge is 0.262 e. The van der Waals surface area contributed by atoms with Crippen molar-refractivity contribution in [2.75, 3.05) is 11.9 Å². The summed E-state index contributed by atoms with van der Waals surface area (Å²) in [4.78, 5) is 17.4. The highest BCUT2D eigenvalue weighted by molar-refractivity contribution is 7.07. The molecular formula is C25H22N4O3S. The van der Waals surface area contributed by atoms with Gasteiger partial charge in [0.2, 0.25) is 4.80 Å². The molecular weight excluding hydrogens is 436 g/mol. The van der Waals surface area contributed by atoms with E-state index in [9.17, 15) is 4.79 Å². The van der Waals surface area contributed by atoms with Gasteiger partial charge < -0.3 is 14.5 Å². The molecule has 0 aliphatic carbocycles. The third kappa shape index (κ3) is 4.38. The van der Waals surface area contributed by atoms with Crippen LogP contribution in [0.2, 0.25) is 0 Å². The second-order valence-corrected chi connectivity index (χ2v) is 8.69. The number of furan rings is 1. The first-order valence-corrected chi connectivity index (χ1v) is 11.3. The average Bonchev–Trinajstić information content (AvgIpc) is 3.39. The van der Waals surface area contributed by atoms with Crippen molar-refractivity contribution in [2.24, 2.45) is 10.1 Å². The summed E-state index contributed by atoms with van der Waals surface area (Å²) >= 11 is 1.49. The molecule has 1 N–H and O–H groups in total. The number of aryl methyl sites for hydroxylation is 3. The van der Waals surface area contributed by atoms with Crippen molar-refractivity contribution < 1.29 is 13.9 Å². The molecule has 0 spiro atoms. The molecule has 0 fully saturated rings. The molecule has 33 heavy (non-hydrogen) atoms. The number of hydrogen-bond donors (Lipinski definition) is 1. The van der Waals surface area contributed by atoms with E-state index in [0.717, 1.165) is 33.1 Å². The Hall–Kier alpha value is -3.91. The molecule has 5 rings (SSSR count). The fourth-order valence-corrected chi connectivity index (χ4v) is 4.45. The summed E-state index contributed by atoms with van der Waals surface area (Å²) in [5, 5.41) is 9.56. The monoisotopic (exact) mass is 458 g/mol. The van der Waals surface area contributed by atoms with Crippen LogP contribution in [0.4, 0.5) is 11.4 Å². The number of nitrogens with one attached hydrogen (secondary N) is 1. The van der Waals surface area contributed by atoms with Crippen LogP contribution in [0.3, 0.4) is 0 Å². The van der Waals surface area contributed by atoms with E-state index in [4.69, 9.17) is 19.2 Å². The van der Waals surface area contributed by atoms with E-state index in [0.29, 0.717) is 17.2 Å². The van der Waals surface area contributed by atoms with Crippen molar-refractivity contribution in [1.29, 1.82) is 0 Å². The molecule has 0 bridgehead atoms. The number of thiazole rings is 1. The highest BCUT2D eigenvalue weighted by Crippen LogP contribution is 2.33. The maximum atomic E-state index is 11.8. The molecule has 1 aliphatic heterocycles. The van der Waals surface area contributed by atoms with Crippen molar-refractivity contribution in [2.45, 2.75) is 20.8 Å². The number of fused-ring (bicyclic) bond motifs is 1. The fourth-order valence-electron chi connectivity index (χ4n) is 3.60. The zero-order valence-corrected chi connectivity index (χ0v) is 19.3. The number of rotatable bonds is 4. The molecule has 0 unspecified atom stereocenters. The van der Waals surface area contributed by atoms with Gasteiger partial charge in [0.25, 0.3) is 5.91 Å². The molecule has 2 aromatic heterocycles. The molecule has 0 saturated heterocycles. The fraction of sp³-hybridized carbons (Fsp3) is 0.160. The van der Waals surface area contributed by atoms with Gasteiger partial charge in [-0.05, 0) is 62.7 Å². The van der Waals surface area contributed by atoms with E-state index >= 15 is 0 Å². The first kappa shape index (κ1) is 21.0. The Balaban J connectivity index is 1.64. The molecule has 4 aromatic rings. The number of carbonyl (C=O) groups excluding carboxylic acids is 1. The van der Waals surface area contributed by atoms with Crippen LogP contribution in [0, 0.1) is 20.8 Å². The Labute approximate surface area is 194 Å². The van der Waals surface area contributed by atoms with Crippen molar-refractivity contribution in [3.63, 3.8) is 0 Å². The lowest BCUT2D eigenvalue weighted by Crippen LogP contribution is -2.25. The summed E-state index contributed by atoms with van der Waals surface area (Å²) in [6.07, 6.45) is 1.67. The summed E-state index contributed by atoms with van der Waals surface area (Å²) in [6, 6.07) is 15.6. The van der Waals surface area contributed by atoms with Crippen molar-refractivity contribution in [3.8, 4) is 17.0 Å². The number of nitrogens with zero attached hydrogens (tertiary/aromatic N) is 3. The first-order chi connectivity index (χ1) is 16.0. The van der Waals surface area contributed by atoms with Crippen molar-refractivity contribution in [3.05, 3.63) is 81.4 Å². The van der Waals surface area contributed by atoms with E-state index in [1.807, 2.05) is 61.7 Å². The van der Waals surface area contributed by atoms with Crippen LogP contribution in [0.5, 0.6) is 5.75 Å². The second kappa shape index (κ2) is 8.55. The van der Waals surface area contributed by atoms with Gasteiger partial charge in [0.05, 0.1) is 23.3 Å². The molecule has 7 nitrogen and oxygen atoms in total. The van der Waals surface area contributed by atoms with Crippen LogP contribution in [-0.4, -0.2) is 23.4 Å². The topological polar surface area (TPSA) is 81.1 Å². The van der Waals surface area contributed by atoms with Gasteiger partial charge in [0.15, 0.2) is 6.61 Å².